The second kappa shape index (κ2) is 5.43. The van der Waals surface area contributed by atoms with Crippen molar-refractivity contribution in [3.05, 3.63) is 29.7 Å². The number of oxazole rings is 1. The molecule has 0 saturated carbocycles. The van der Waals surface area contributed by atoms with Gasteiger partial charge in [0.15, 0.2) is 11.5 Å². The molecule has 2 aromatic rings. The molecule has 0 atom stereocenters. The second-order valence-corrected chi connectivity index (χ2v) is 7.06. The number of hydrogen-bond donors (Lipinski definition) is 1. The molecule has 1 aliphatic rings. The van der Waals surface area contributed by atoms with Crippen LogP contribution in [0.15, 0.2) is 22.6 Å². The topological polar surface area (TPSA) is 55.3 Å². The fourth-order valence-corrected chi connectivity index (χ4v) is 3.14. The fraction of sp³-hybridized carbons (Fsp3) is 0.588. The van der Waals surface area contributed by atoms with Gasteiger partial charge in [-0.05, 0) is 64.4 Å². The molecule has 0 aliphatic carbocycles. The fourth-order valence-electron chi connectivity index (χ4n) is 3.14. The Kier molecular flexibility index (Phi) is 3.76. The minimum Gasteiger partial charge on any atom is -0.440 e. The average molecular weight is 287 g/mol. The lowest BCUT2D eigenvalue weighted by Crippen LogP contribution is -2.47. The van der Waals surface area contributed by atoms with Crippen molar-refractivity contribution in [2.45, 2.75) is 45.1 Å². The minimum atomic E-state index is -0.123. The van der Waals surface area contributed by atoms with Gasteiger partial charge in [-0.1, -0.05) is 6.07 Å². The molecular weight excluding hydrogens is 262 g/mol. The van der Waals surface area contributed by atoms with E-state index in [1.165, 1.54) is 5.56 Å². The van der Waals surface area contributed by atoms with Gasteiger partial charge in [-0.2, -0.15) is 0 Å². The molecule has 0 amide bonds. The number of likely N-dealkylation sites (tertiary alicyclic amines) is 1. The molecule has 2 N–H and O–H groups in total. The number of aromatic nitrogens is 1. The lowest BCUT2D eigenvalue weighted by Gasteiger charge is -2.34. The van der Waals surface area contributed by atoms with E-state index in [-0.39, 0.29) is 5.54 Å². The lowest BCUT2D eigenvalue weighted by molar-refractivity contribution is 0.171. The molecule has 1 saturated heterocycles. The summed E-state index contributed by atoms with van der Waals surface area (Å²) < 4.78 is 5.94. The number of nitrogens with zero attached hydrogens (tertiary/aromatic N) is 2. The summed E-state index contributed by atoms with van der Waals surface area (Å²) in [6.07, 6.45) is 2.20. The Morgan fingerprint density at radius 3 is 2.71 bits per heavy atom. The molecule has 4 nitrogen and oxygen atoms in total. The van der Waals surface area contributed by atoms with Crippen LogP contribution in [0.4, 0.5) is 0 Å². The molecule has 3 rings (SSSR count). The molecule has 2 heterocycles. The summed E-state index contributed by atoms with van der Waals surface area (Å²) in [5.74, 6) is 1.34. The zero-order valence-electron chi connectivity index (χ0n) is 13.2. The smallest absolute Gasteiger partial charge is 0.198 e. The standard InChI is InChI=1S/C17H25N3O/c1-12-4-5-15-14(10-12)19-16(21-15)13-6-8-20(9-7-13)11-17(2,3)18/h4-5,10,13H,6-9,11,18H2,1-3H3. The third-order valence-corrected chi connectivity index (χ3v) is 4.13. The van der Waals surface area contributed by atoms with Gasteiger partial charge < -0.3 is 15.1 Å². The number of aryl methyl sites for hydroxylation is 1. The van der Waals surface area contributed by atoms with Gasteiger partial charge in [-0.25, -0.2) is 4.98 Å². The highest BCUT2D eigenvalue weighted by Crippen LogP contribution is 2.30. The van der Waals surface area contributed by atoms with Gasteiger partial charge in [0, 0.05) is 18.0 Å². The summed E-state index contributed by atoms with van der Waals surface area (Å²) in [5, 5.41) is 0. The zero-order valence-corrected chi connectivity index (χ0v) is 13.2. The number of hydrogen-bond acceptors (Lipinski definition) is 4. The summed E-state index contributed by atoms with van der Waals surface area (Å²) in [6.45, 7) is 9.35. The summed E-state index contributed by atoms with van der Waals surface area (Å²) in [4.78, 5) is 7.13. The Balaban J connectivity index is 1.68. The van der Waals surface area contributed by atoms with Gasteiger partial charge >= 0.3 is 0 Å². The molecule has 0 unspecified atom stereocenters. The highest BCUT2D eigenvalue weighted by molar-refractivity contribution is 5.73. The molecule has 4 heteroatoms. The number of fused-ring (bicyclic) bond motifs is 1. The molecule has 1 aromatic heterocycles. The van der Waals surface area contributed by atoms with E-state index in [0.717, 1.165) is 49.5 Å². The van der Waals surface area contributed by atoms with E-state index in [9.17, 15) is 0 Å². The van der Waals surface area contributed by atoms with Crippen molar-refractivity contribution in [1.29, 1.82) is 0 Å². The van der Waals surface area contributed by atoms with Gasteiger partial charge in [-0.15, -0.1) is 0 Å². The van der Waals surface area contributed by atoms with Crippen molar-refractivity contribution >= 4 is 11.1 Å². The molecule has 1 aliphatic heterocycles. The van der Waals surface area contributed by atoms with Crippen LogP contribution in [0.3, 0.4) is 0 Å². The number of benzene rings is 1. The van der Waals surface area contributed by atoms with Crippen molar-refractivity contribution in [2.24, 2.45) is 5.73 Å². The van der Waals surface area contributed by atoms with Crippen LogP contribution in [0, 0.1) is 6.92 Å². The molecule has 0 bridgehead atoms. The van der Waals surface area contributed by atoms with Gasteiger partial charge in [0.1, 0.15) is 5.52 Å². The van der Waals surface area contributed by atoms with Crippen molar-refractivity contribution < 1.29 is 4.42 Å². The second-order valence-electron chi connectivity index (χ2n) is 7.06. The average Bonchev–Trinajstić information content (AvgIpc) is 2.80. The predicted molar refractivity (Wildman–Crippen MR) is 85.4 cm³/mol. The highest BCUT2D eigenvalue weighted by Gasteiger charge is 2.26. The van der Waals surface area contributed by atoms with Gasteiger partial charge in [0.2, 0.25) is 0 Å². The van der Waals surface area contributed by atoms with E-state index in [1.54, 1.807) is 0 Å². The van der Waals surface area contributed by atoms with E-state index >= 15 is 0 Å². The minimum absolute atomic E-state index is 0.123. The van der Waals surface area contributed by atoms with Crippen molar-refractivity contribution in [1.82, 2.24) is 9.88 Å². The first-order valence-corrected chi connectivity index (χ1v) is 7.79. The Labute approximate surface area is 126 Å². The molecule has 0 spiro atoms. The van der Waals surface area contributed by atoms with E-state index < -0.39 is 0 Å². The first-order valence-electron chi connectivity index (χ1n) is 7.79. The van der Waals surface area contributed by atoms with Crippen LogP contribution in [0.5, 0.6) is 0 Å². The summed E-state index contributed by atoms with van der Waals surface area (Å²) in [5.41, 5.74) is 9.09. The van der Waals surface area contributed by atoms with E-state index in [1.807, 2.05) is 6.07 Å². The summed E-state index contributed by atoms with van der Waals surface area (Å²) in [6, 6.07) is 6.19. The van der Waals surface area contributed by atoms with Gasteiger partial charge in [0.05, 0.1) is 0 Å². The van der Waals surface area contributed by atoms with Crippen LogP contribution in [0.2, 0.25) is 0 Å². The quantitative estimate of drug-likeness (QED) is 0.942. The molecule has 1 aromatic carbocycles. The first-order chi connectivity index (χ1) is 9.90. The van der Waals surface area contributed by atoms with Gasteiger partial charge in [-0.3, -0.25) is 0 Å². The molecule has 21 heavy (non-hydrogen) atoms. The van der Waals surface area contributed by atoms with Crippen LogP contribution < -0.4 is 5.73 Å². The Morgan fingerprint density at radius 2 is 2.05 bits per heavy atom. The van der Waals surface area contributed by atoms with Crippen molar-refractivity contribution in [3.8, 4) is 0 Å². The van der Waals surface area contributed by atoms with Crippen LogP contribution in [-0.4, -0.2) is 35.1 Å². The lowest BCUT2D eigenvalue weighted by atomic mass is 9.95. The SMILES string of the molecule is Cc1ccc2oc(C3CCN(CC(C)(C)N)CC3)nc2c1. The summed E-state index contributed by atoms with van der Waals surface area (Å²) >= 11 is 0. The predicted octanol–water partition coefficient (Wildman–Crippen LogP) is 3.05. The highest BCUT2D eigenvalue weighted by atomic mass is 16.3. The maximum atomic E-state index is 6.10. The van der Waals surface area contributed by atoms with Crippen LogP contribution in [0.1, 0.15) is 44.1 Å². The molecular formula is C17H25N3O. The third-order valence-electron chi connectivity index (χ3n) is 4.13. The maximum absolute atomic E-state index is 6.10. The Bertz CT molecular complexity index is 618. The first kappa shape index (κ1) is 14.5. The van der Waals surface area contributed by atoms with Crippen molar-refractivity contribution in [3.63, 3.8) is 0 Å². The normalized spacial score (nSPS) is 18.5. The van der Waals surface area contributed by atoms with Crippen LogP contribution in [0.25, 0.3) is 11.1 Å². The van der Waals surface area contributed by atoms with Crippen LogP contribution in [-0.2, 0) is 0 Å². The summed E-state index contributed by atoms with van der Waals surface area (Å²) in [7, 11) is 0. The Morgan fingerprint density at radius 1 is 1.33 bits per heavy atom. The zero-order chi connectivity index (χ0) is 15.0. The largest absolute Gasteiger partial charge is 0.440 e. The van der Waals surface area contributed by atoms with Crippen LogP contribution >= 0.6 is 0 Å². The number of piperidine rings is 1. The number of nitrogens with two attached hydrogens (primary N) is 1. The van der Waals surface area contributed by atoms with Crippen molar-refractivity contribution in [2.75, 3.05) is 19.6 Å². The molecule has 0 radical (unpaired) electrons. The maximum Gasteiger partial charge on any atom is 0.198 e. The molecule has 1 fully saturated rings. The Hall–Kier alpha value is -1.39. The monoisotopic (exact) mass is 287 g/mol. The van der Waals surface area contributed by atoms with E-state index in [0.29, 0.717) is 5.92 Å². The van der Waals surface area contributed by atoms with E-state index in [4.69, 9.17) is 10.2 Å². The van der Waals surface area contributed by atoms with Gasteiger partial charge in [0.25, 0.3) is 0 Å². The third kappa shape index (κ3) is 3.44. The number of rotatable bonds is 3. The molecule has 114 valence electrons. The van der Waals surface area contributed by atoms with E-state index in [2.05, 4.69) is 42.8 Å².